The van der Waals surface area contributed by atoms with Crippen molar-refractivity contribution in [2.75, 3.05) is 11.1 Å². The average molecular weight is 380 g/mol. The molecule has 0 saturated heterocycles. The Morgan fingerprint density at radius 1 is 1.04 bits per heavy atom. The molecule has 1 N–H and O–H groups in total. The molecule has 0 aliphatic carbocycles. The van der Waals surface area contributed by atoms with E-state index in [1.807, 2.05) is 12.3 Å². The van der Waals surface area contributed by atoms with Crippen molar-refractivity contribution in [1.82, 2.24) is 9.88 Å². The number of hydrogen-bond acceptors (Lipinski definition) is 7. The van der Waals surface area contributed by atoms with Crippen LogP contribution in [0.15, 0.2) is 63.7 Å². The van der Waals surface area contributed by atoms with E-state index in [1.54, 1.807) is 23.5 Å². The van der Waals surface area contributed by atoms with Gasteiger partial charge in [0.2, 0.25) is 0 Å². The van der Waals surface area contributed by atoms with Crippen LogP contribution < -0.4 is 5.32 Å². The minimum Gasteiger partial charge on any atom is -0.319 e. The van der Waals surface area contributed by atoms with E-state index in [0.717, 1.165) is 40.6 Å². The number of rotatable bonds is 2. The molecule has 0 bridgehead atoms. The maximum Gasteiger partial charge on any atom is 0.168 e. The van der Waals surface area contributed by atoms with Gasteiger partial charge < -0.3 is 10.2 Å². The molecule has 0 fully saturated rings. The molecule has 0 amide bonds. The Morgan fingerprint density at radius 2 is 1.88 bits per heavy atom. The Hall–Kier alpha value is -2.25. The van der Waals surface area contributed by atoms with Crippen molar-refractivity contribution in [3.8, 4) is 0 Å². The van der Waals surface area contributed by atoms with Crippen LogP contribution in [0.5, 0.6) is 0 Å². The highest BCUT2D eigenvalue weighted by Crippen LogP contribution is 2.34. The summed E-state index contributed by atoms with van der Waals surface area (Å²) in [5.41, 5.74) is 5.11. The molecule has 1 aromatic carbocycles. The van der Waals surface area contributed by atoms with E-state index in [-0.39, 0.29) is 0 Å². The maximum atomic E-state index is 4.79. The van der Waals surface area contributed by atoms with Gasteiger partial charge in [0.05, 0.1) is 19.6 Å². The average Bonchev–Trinajstić information content (AvgIpc) is 2.97. The fourth-order valence-electron chi connectivity index (χ4n) is 3.16. The Labute approximate surface area is 160 Å². The molecule has 2 aromatic rings. The maximum absolute atomic E-state index is 4.79. The molecule has 5 nitrogen and oxygen atoms in total. The number of nitrogens with zero attached hydrogens (tertiary/aromatic N) is 4. The van der Waals surface area contributed by atoms with Crippen LogP contribution in [0.3, 0.4) is 0 Å². The van der Waals surface area contributed by atoms with E-state index in [9.17, 15) is 0 Å². The number of pyridine rings is 1. The lowest BCUT2D eigenvalue weighted by atomic mass is 10.1. The third-order valence-corrected chi connectivity index (χ3v) is 6.47. The molecule has 0 atom stereocenters. The molecule has 0 unspecified atom stereocenters. The van der Waals surface area contributed by atoms with Gasteiger partial charge in [-0.05, 0) is 22.6 Å². The van der Waals surface area contributed by atoms with Crippen molar-refractivity contribution in [2.45, 2.75) is 19.6 Å². The monoisotopic (exact) mass is 379 g/mol. The first-order valence-electron chi connectivity index (χ1n) is 8.49. The quantitative estimate of drug-likeness (QED) is 0.853. The van der Waals surface area contributed by atoms with Crippen LogP contribution in [0.4, 0.5) is 5.82 Å². The van der Waals surface area contributed by atoms with Gasteiger partial charge in [0.15, 0.2) is 10.3 Å². The molecule has 0 spiro atoms. The Kier molecular flexibility index (Phi) is 4.18. The lowest BCUT2D eigenvalue weighted by molar-refractivity contribution is 0.529. The molecule has 3 aliphatic rings. The minimum atomic E-state index is 0.691. The van der Waals surface area contributed by atoms with Crippen molar-refractivity contribution >= 4 is 39.7 Å². The zero-order valence-electron chi connectivity index (χ0n) is 14.1. The van der Waals surface area contributed by atoms with E-state index in [0.29, 0.717) is 6.54 Å². The van der Waals surface area contributed by atoms with Crippen molar-refractivity contribution in [2.24, 2.45) is 9.98 Å². The number of nitrogens with one attached hydrogen (secondary N) is 1. The fourth-order valence-corrected chi connectivity index (χ4v) is 5.02. The van der Waals surface area contributed by atoms with Crippen LogP contribution in [0.25, 0.3) is 0 Å². The second-order valence-electron chi connectivity index (χ2n) is 6.23. The number of anilines is 1. The molecule has 1 aromatic heterocycles. The molecule has 4 heterocycles. The van der Waals surface area contributed by atoms with E-state index >= 15 is 0 Å². The summed E-state index contributed by atoms with van der Waals surface area (Å²) in [5.74, 6) is 1.79. The number of thioether (sulfide) groups is 2. The van der Waals surface area contributed by atoms with Gasteiger partial charge in [-0.15, -0.1) is 0 Å². The van der Waals surface area contributed by atoms with Gasteiger partial charge in [-0.3, -0.25) is 9.98 Å². The summed E-state index contributed by atoms with van der Waals surface area (Å²) in [6, 6.07) is 12.6. The minimum absolute atomic E-state index is 0.691. The smallest absolute Gasteiger partial charge is 0.168 e. The van der Waals surface area contributed by atoms with Crippen LogP contribution >= 0.6 is 23.5 Å². The Morgan fingerprint density at radius 3 is 2.85 bits per heavy atom. The summed E-state index contributed by atoms with van der Waals surface area (Å²) >= 11 is 3.44. The first-order chi connectivity index (χ1) is 12.9. The van der Waals surface area contributed by atoms with Gasteiger partial charge >= 0.3 is 0 Å². The molecule has 3 aliphatic heterocycles. The highest BCUT2D eigenvalue weighted by Gasteiger charge is 2.26. The number of amidine groups is 2. The van der Waals surface area contributed by atoms with Gasteiger partial charge in [0.25, 0.3) is 0 Å². The lowest BCUT2D eigenvalue weighted by Gasteiger charge is -2.22. The normalized spacial score (nSPS) is 17.8. The Bertz CT molecular complexity index is 950. The standard InChI is InChI=1S/C19H17N5S2/c1-2-5-15-10-24-16(12-26-19(24)22-8-13(15)4-1)11-25-18-21-9-14-6-3-7-20-17(14)23-18/h1-7,12H,8-11H2,(H,20,21,23). The molecular formula is C19H17N5S2. The van der Waals surface area contributed by atoms with Gasteiger partial charge in [0, 0.05) is 23.2 Å². The summed E-state index contributed by atoms with van der Waals surface area (Å²) in [7, 11) is 0. The highest BCUT2D eigenvalue weighted by molar-refractivity contribution is 8.17. The van der Waals surface area contributed by atoms with E-state index < -0.39 is 0 Å². The zero-order valence-corrected chi connectivity index (χ0v) is 15.7. The van der Waals surface area contributed by atoms with Gasteiger partial charge in [-0.2, -0.15) is 0 Å². The van der Waals surface area contributed by atoms with Crippen LogP contribution in [0.2, 0.25) is 0 Å². The summed E-state index contributed by atoms with van der Waals surface area (Å²) < 4.78 is 0. The predicted octanol–water partition coefficient (Wildman–Crippen LogP) is 4.06. The third kappa shape index (κ3) is 3.01. The molecule has 0 saturated carbocycles. The van der Waals surface area contributed by atoms with E-state index in [1.165, 1.54) is 16.8 Å². The largest absolute Gasteiger partial charge is 0.319 e. The SMILES string of the molecule is C1=C(CSC2=NCc3cccnc3N2)N2Cc3ccccc3CN=C2S1. The number of hydrogen-bond donors (Lipinski definition) is 1. The number of fused-ring (bicyclic) bond motifs is 3. The van der Waals surface area contributed by atoms with Crippen LogP contribution in [-0.4, -0.2) is 26.0 Å². The number of benzene rings is 1. The van der Waals surface area contributed by atoms with Gasteiger partial charge in [-0.25, -0.2) is 4.98 Å². The fraction of sp³-hybridized carbons (Fsp3) is 0.211. The third-order valence-electron chi connectivity index (χ3n) is 4.58. The lowest BCUT2D eigenvalue weighted by Crippen LogP contribution is -2.25. The Balaban J connectivity index is 1.28. The van der Waals surface area contributed by atoms with E-state index in [2.05, 4.69) is 55.9 Å². The van der Waals surface area contributed by atoms with Crippen molar-refractivity contribution < 1.29 is 0 Å². The van der Waals surface area contributed by atoms with Crippen LogP contribution in [-0.2, 0) is 19.6 Å². The van der Waals surface area contributed by atoms with Gasteiger partial charge in [0.1, 0.15) is 5.82 Å². The van der Waals surface area contributed by atoms with Crippen molar-refractivity contribution in [1.29, 1.82) is 0 Å². The molecule has 0 radical (unpaired) electrons. The van der Waals surface area contributed by atoms with Crippen molar-refractivity contribution in [3.05, 3.63) is 70.4 Å². The second kappa shape index (κ2) is 6.81. The van der Waals surface area contributed by atoms with Crippen molar-refractivity contribution in [3.63, 3.8) is 0 Å². The number of aliphatic imine (C=N–C) groups is 2. The van der Waals surface area contributed by atoms with Crippen LogP contribution in [0.1, 0.15) is 16.7 Å². The predicted molar refractivity (Wildman–Crippen MR) is 110 cm³/mol. The molecule has 7 heteroatoms. The molecule has 26 heavy (non-hydrogen) atoms. The summed E-state index contributed by atoms with van der Waals surface area (Å²) in [4.78, 5) is 16.2. The topological polar surface area (TPSA) is 52.9 Å². The molecule has 5 rings (SSSR count). The number of aromatic nitrogens is 1. The summed E-state index contributed by atoms with van der Waals surface area (Å²) in [5, 5.41) is 7.59. The van der Waals surface area contributed by atoms with E-state index in [4.69, 9.17) is 4.99 Å². The first-order valence-corrected chi connectivity index (χ1v) is 10.4. The van der Waals surface area contributed by atoms with Gasteiger partial charge in [-0.1, -0.05) is 53.9 Å². The second-order valence-corrected chi connectivity index (χ2v) is 8.03. The highest BCUT2D eigenvalue weighted by atomic mass is 32.2. The first kappa shape index (κ1) is 16.0. The van der Waals surface area contributed by atoms with Crippen LogP contribution in [0, 0.1) is 0 Å². The summed E-state index contributed by atoms with van der Waals surface area (Å²) in [6.45, 7) is 2.34. The molecular weight excluding hydrogens is 362 g/mol. The zero-order chi connectivity index (χ0) is 17.3. The summed E-state index contributed by atoms with van der Waals surface area (Å²) in [6.07, 6.45) is 1.81. The molecule has 130 valence electrons.